The van der Waals surface area contributed by atoms with Crippen LogP contribution < -0.4 is 15.6 Å². The minimum absolute atomic E-state index is 0.464. The molecule has 0 N–H and O–H groups in total. The average molecular weight is 393 g/mol. The Morgan fingerprint density at radius 2 is 1.14 bits per heavy atom. The van der Waals surface area contributed by atoms with E-state index in [9.17, 15) is 0 Å². The second-order valence-electron chi connectivity index (χ2n) is 7.98. The lowest BCUT2D eigenvalue weighted by atomic mass is 10.1. The van der Waals surface area contributed by atoms with Crippen molar-refractivity contribution in [3.8, 4) is 0 Å². The molecule has 0 atom stereocenters. The summed E-state index contributed by atoms with van der Waals surface area (Å²) in [6.45, 7) is 4.74. The first kappa shape index (κ1) is 18.0. The first-order chi connectivity index (χ1) is 14.2. The highest BCUT2D eigenvalue weighted by atomic mass is 28.3. The summed E-state index contributed by atoms with van der Waals surface area (Å²) in [5.41, 5.74) is 2.47. The first-order valence-corrected chi connectivity index (χ1v) is 12.3. The molecular formula is C27H24OSi. The Morgan fingerprint density at radius 3 is 1.76 bits per heavy atom. The number of hydrogen-bond acceptors (Lipinski definition) is 1. The van der Waals surface area contributed by atoms with Crippen molar-refractivity contribution in [2.45, 2.75) is 19.4 Å². The number of benzene rings is 4. The molecule has 5 aromatic rings. The summed E-state index contributed by atoms with van der Waals surface area (Å²) >= 11 is 0. The highest BCUT2D eigenvalue weighted by molar-refractivity contribution is 7.13. The fraction of sp³-hybridized carbons (Fsp3) is 0.111. The van der Waals surface area contributed by atoms with Crippen LogP contribution in [-0.4, -0.2) is 8.07 Å². The molecule has 0 fully saturated rings. The third kappa shape index (κ3) is 2.67. The Balaban J connectivity index is 1.94. The summed E-state index contributed by atoms with van der Waals surface area (Å²) < 4.78 is 6.52. The summed E-state index contributed by atoms with van der Waals surface area (Å²) in [4.78, 5) is 0. The molecule has 0 aliphatic heterocycles. The molecule has 0 bridgehead atoms. The minimum Gasteiger partial charge on any atom is -0.456 e. The molecule has 0 saturated carbocycles. The second kappa shape index (κ2) is 7.05. The van der Waals surface area contributed by atoms with E-state index < -0.39 is 8.07 Å². The number of rotatable bonds is 4. The molecule has 0 aliphatic carbocycles. The summed E-state index contributed by atoms with van der Waals surface area (Å²) in [6.07, 6.45) is 0. The van der Waals surface area contributed by atoms with Gasteiger partial charge < -0.3 is 4.42 Å². The van der Waals surface area contributed by atoms with Gasteiger partial charge >= 0.3 is 0 Å². The maximum Gasteiger partial charge on any atom is 0.155 e. The van der Waals surface area contributed by atoms with Gasteiger partial charge in [-0.3, -0.25) is 0 Å². The van der Waals surface area contributed by atoms with E-state index in [0.717, 1.165) is 11.2 Å². The van der Waals surface area contributed by atoms with Gasteiger partial charge in [-0.1, -0.05) is 111 Å². The predicted molar refractivity (Wildman–Crippen MR) is 126 cm³/mol. The third-order valence-corrected chi connectivity index (χ3v) is 11.6. The van der Waals surface area contributed by atoms with Gasteiger partial charge in [-0.2, -0.15) is 0 Å². The van der Waals surface area contributed by atoms with E-state index in [4.69, 9.17) is 4.42 Å². The van der Waals surface area contributed by atoms with Gasteiger partial charge in [-0.25, -0.2) is 0 Å². The lowest BCUT2D eigenvalue weighted by Crippen LogP contribution is -2.69. The fourth-order valence-corrected chi connectivity index (χ4v) is 10.2. The number of hydrogen-bond donors (Lipinski definition) is 0. The molecule has 0 saturated heterocycles. The molecule has 1 aromatic heterocycles. The van der Waals surface area contributed by atoms with E-state index in [1.54, 1.807) is 0 Å². The zero-order chi connectivity index (χ0) is 19.8. The van der Waals surface area contributed by atoms with E-state index in [1.165, 1.54) is 26.3 Å². The summed E-state index contributed by atoms with van der Waals surface area (Å²) in [6, 6.07) is 37.2. The quantitative estimate of drug-likeness (QED) is 0.292. The monoisotopic (exact) mass is 392 g/mol. The topological polar surface area (TPSA) is 13.1 Å². The van der Waals surface area contributed by atoms with Crippen molar-refractivity contribution in [3.63, 3.8) is 0 Å². The molecule has 4 aromatic carbocycles. The van der Waals surface area contributed by atoms with Crippen molar-refractivity contribution in [3.05, 3.63) is 103 Å². The van der Waals surface area contributed by atoms with Crippen LogP contribution in [0.25, 0.3) is 21.9 Å². The highest BCUT2D eigenvalue weighted by Crippen LogP contribution is 2.31. The van der Waals surface area contributed by atoms with Crippen molar-refractivity contribution in [1.82, 2.24) is 0 Å². The Bertz CT molecular complexity index is 1230. The average Bonchev–Trinajstić information content (AvgIpc) is 3.15. The number of para-hydroxylation sites is 2. The third-order valence-electron chi connectivity index (χ3n) is 6.15. The van der Waals surface area contributed by atoms with Crippen LogP contribution in [0, 0.1) is 0 Å². The van der Waals surface area contributed by atoms with Crippen LogP contribution in [0.2, 0.25) is 5.54 Å². The Labute approximate surface area is 172 Å². The summed E-state index contributed by atoms with van der Waals surface area (Å²) in [5.74, 6) is 0. The van der Waals surface area contributed by atoms with Crippen LogP contribution in [0.3, 0.4) is 0 Å². The lowest BCUT2D eigenvalue weighted by molar-refractivity contribution is 0.671. The summed E-state index contributed by atoms with van der Waals surface area (Å²) in [7, 11) is -2.32. The zero-order valence-corrected chi connectivity index (χ0v) is 17.8. The van der Waals surface area contributed by atoms with E-state index >= 15 is 0 Å². The van der Waals surface area contributed by atoms with Crippen LogP contribution in [0.4, 0.5) is 0 Å². The maximum atomic E-state index is 6.52. The van der Waals surface area contributed by atoms with Gasteiger partial charge in [0.1, 0.15) is 11.2 Å². The zero-order valence-electron chi connectivity index (χ0n) is 16.8. The SMILES string of the molecule is CC(C)[Si](c1ccccc1)(c1ccccc1)c1cccc2c1oc1ccccc12. The molecule has 29 heavy (non-hydrogen) atoms. The van der Waals surface area contributed by atoms with Crippen molar-refractivity contribution < 1.29 is 4.42 Å². The predicted octanol–water partition coefficient (Wildman–Crippen LogP) is 5.47. The molecule has 0 aliphatic rings. The van der Waals surface area contributed by atoms with Gasteiger partial charge in [0.2, 0.25) is 0 Å². The second-order valence-corrected chi connectivity index (χ2v) is 12.4. The Hall–Kier alpha value is -3.10. The van der Waals surface area contributed by atoms with Crippen LogP contribution in [0.1, 0.15) is 13.8 Å². The van der Waals surface area contributed by atoms with E-state index in [2.05, 4.69) is 111 Å². The number of fused-ring (bicyclic) bond motifs is 3. The molecule has 0 amide bonds. The van der Waals surface area contributed by atoms with Crippen LogP contribution in [0.15, 0.2) is 108 Å². The molecule has 1 heterocycles. The van der Waals surface area contributed by atoms with Gasteiger partial charge in [0, 0.05) is 10.8 Å². The Kier molecular flexibility index (Phi) is 4.37. The molecule has 142 valence electrons. The molecule has 0 unspecified atom stereocenters. The van der Waals surface area contributed by atoms with E-state index in [1.807, 2.05) is 6.07 Å². The Morgan fingerprint density at radius 1 is 0.586 bits per heavy atom. The molecular weight excluding hydrogens is 368 g/mol. The van der Waals surface area contributed by atoms with Gasteiger partial charge in [-0.15, -0.1) is 0 Å². The van der Waals surface area contributed by atoms with Crippen LogP contribution in [-0.2, 0) is 0 Å². The van der Waals surface area contributed by atoms with Gasteiger partial charge in [0.15, 0.2) is 8.07 Å². The standard InChI is InChI=1S/C27H24OSi/c1-20(2)29(21-12-5-3-6-13-21,22-14-7-4-8-15-22)26-19-11-17-24-23-16-9-10-18-25(23)28-27(24)26/h3-20H,1-2H3. The van der Waals surface area contributed by atoms with Crippen LogP contribution in [0.5, 0.6) is 0 Å². The minimum atomic E-state index is -2.32. The highest BCUT2D eigenvalue weighted by Gasteiger charge is 2.44. The van der Waals surface area contributed by atoms with Crippen molar-refractivity contribution in [1.29, 1.82) is 0 Å². The lowest BCUT2D eigenvalue weighted by Gasteiger charge is -2.37. The van der Waals surface area contributed by atoms with E-state index in [0.29, 0.717) is 5.54 Å². The van der Waals surface area contributed by atoms with Crippen molar-refractivity contribution in [2.75, 3.05) is 0 Å². The van der Waals surface area contributed by atoms with Crippen molar-refractivity contribution >= 4 is 45.6 Å². The van der Waals surface area contributed by atoms with Crippen molar-refractivity contribution in [2.24, 2.45) is 0 Å². The summed E-state index contributed by atoms with van der Waals surface area (Å²) in [5, 5.41) is 6.61. The fourth-order valence-electron chi connectivity index (χ4n) is 4.92. The maximum absolute atomic E-state index is 6.52. The van der Waals surface area contributed by atoms with Gasteiger partial charge in [-0.05, 0) is 27.2 Å². The van der Waals surface area contributed by atoms with Gasteiger partial charge in [0.25, 0.3) is 0 Å². The molecule has 0 spiro atoms. The van der Waals surface area contributed by atoms with E-state index in [-0.39, 0.29) is 0 Å². The smallest absolute Gasteiger partial charge is 0.155 e. The number of furan rings is 1. The first-order valence-electron chi connectivity index (χ1n) is 10.2. The normalized spacial score (nSPS) is 12.1. The molecule has 0 radical (unpaired) electrons. The van der Waals surface area contributed by atoms with Crippen LogP contribution >= 0.6 is 0 Å². The molecule has 2 heteroatoms. The molecule has 5 rings (SSSR count). The van der Waals surface area contributed by atoms with Gasteiger partial charge in [0.05, 0.1) is 0 Å². The largest absolute Gasteiger partial charge is 0.456 e. The molecule has 1 nitrogen and oxygen atoms in total.